The van der Waals surface area contributed by atoms with Gasteiger partial charge in [-0.3, -0.25) is 4.79 Å². The number of aliphatic hydroxyl groups is 1. The van der Waals surface area contributed by atoms with E-state index in [4.69, 9.17) is 6.57 Å². The second-order valence-corrected chi connectivity index (χ2v) is 5.86. The van der Waals surface area contributed by atoms with Crippen LogP contribution in [0.25, 0.3) is 15.9 Å². The number of aryl methyl sites for hydroxylation is 1. The lowest BCUT2D eigenvalue weighted by Gasteiger charge is -2.39. The Labute approximate surface area is 134 Å². The van der Waals surface area contributed by atoms with Gasteiger partial charge in [0.2, 0.25) is 5.52 Å². The highest BCUT2D eigenvalue weighted by Gasteiger charge is 2.28. The molecule has 0 bridgehead atoms. The van der Waals surface area contributed by atoms with Crippen molar-refractivity contribution in [2.45, 2.75) is 19.0 Å². The van der Waals surface area contributed by atoms with Gasteiger partial charge in [0.15, 0.2) is 0 Å². The molecular weight excluding hydrogens is 294 g/mol. The summed E-state index contributed by atoms with van der Waals surface area (Å²) in [6, 6.07) is 5.06. The molecule has 0 spiro atoms. The van der Waals surface area contributed by atoms with E-state index < -0.39 is 0 Å². The van der Waals surface area contributed by atoms with E-state index >= 15 is 0 Å². The lowest BCUT2D eigenvalue weighted by Crippen LogP contribution is -2.57. The van der Waals surface area contributed by atoms with Crippen LogP contribution >= 0.6 is 0 Å². The summed E-state index contributed by atoms with van der Waals surface area (Å²) in [6.45, 7) is 10.6. The van der Waals surface area contributed by atoms with Crippen LogP contribution in [-0.4, -0.2) is 46.4 Å². The minimum absolute atomic E-state index is 0.0345. The van der Waals surface area contributed by atoms with Gasteiger partial charge in [0.05, 0.1) is 17.8 Å². The number of aromatic nitrogens is 2. The number of hydrogen-bond acceptors (Lipinski definition) is 5. The van der Waals surface area contributed by atoms with Gasteiger partial charge in [0.1, 0.15) is 0 Å². The van der Waals surface area contributed by atoms with Crippen molar-refractivity contribution >= 4 is 22.5 Å². The number of nitrogens with one attached hydrogen (secondary N) is 1. The molecule has 1 aliphatic heterocycles. The fourth-order valence-corrected chi connectivity index (χ4v) is 2.97. The molecule has 120 valence electrons. The van der Waals surface area contributed by atoms with Crippen LogP contribution < -0.4 is 15.8 Å². The molecule has 1 aliphatic rings. The normalized spacial score (nSPS) is 21.4. The predicted molar refractivity (Wildman–Crippen MR) is 88.9 cm³/mol. The Morgan fingerprint density at radius 1 is 1.52 bits per heavy atom. The number of anilines is 1. The molecule has 3 heterocycles. The average molecular weight is 313 g/mol. The number of pyridine rings is 2. The van der Waals surface area contributed by atoms with Crippen LogP contribution in [0.1, 0.15) is 6.92 Å². The SMILES string of the molecule is [C-]#[N+]c1ccc2c(n1)c(N1C[C@@H](CO)NC[C@@H]1C)cc(=O)n2C. The molecule has 2 aromatic heterocycles. The molecule has 23 heavy (non-hydrogen) atoms. The van der Waals surface area contributed by atoms with Gasteiger partial charge in [-0.25, -0.2) is 0 Å². The molecule has 0 unspecified atom stereocenters. The number of aliphatic hydroxyl groups excluding tert-OH is 1. The van der Waals surface area contributed by atoms with Gasteiger partial charge in [0, 0.05) is 38.3 Å². The summed E-state index contributed by atoms with van der Waals surface area (Å²) in [7, 11) is 1.70. The topological polar surface area (TPSA) is 74.8 Å². The van der Waals surface area contributed by atoms with Crippen molar-refractivity contribution in [3.8, 4) is 0 Å². The Bertz CT molecular complexity index is 839. The van der Waals surface area contributed by atoms with Gasteiger partial charge in [-0.05, 0) is 19.1 Å². The van der Waals surface area contributed by atoms with E-state index in [9.17, 15) is 9.90 Å². The third kappa shape index (κ3) is 2.67. The molecule has 2 atom stereocenters. The lowest BCUT2D eigenvalue weighted by atomic mass is 10.1. The lowest BCUT2D eigenvalue weighted by molar-refractivity contribution is 0.227. The maximum atomic E-state index is 12.3. The fraction of sp³-hybridized carbons (Fsp3) is 0.438. The number of rotatable bonds is 2. The predicted octanol–water partition coefficient (Wildman–Crippen LogP) is 0.643. The first-order valence-electron chi connectivity index (χ1n) is 7.54. The second-order valence-electron chi connectivity index (χ2n) is 5.86. The Kier molecular flexibility index (Phi) is 4.03. The van der Waals surface area contributed by atoms with E-state index in [1.165, 1.54) is 4.57 Å². The van der Waals surface area contributed by atoms with E-state index in [0.717, 1.165) is 5.69 Å². The molecule has 2 aromatic rings. The zero-order valence-electron chi connectivity index (χ0n) is 13.2. The third-order valence-electron chi connectivity index (χ3n) is 4.35. The monoisotopic (exact) mass is 313 g/mol. The van der Waals surface area contributed by atoms with Gasteiger partial charge in [-0.1, -0.05) is 6.57 Å². The maximum Gasteiger partial charge on any atom is 0.270 e. The van der Waals surface area contributed by atoms with Gasteiger partial charge < -0.3 is 24.7 Å². The van der Waals surface area contributed by atoms with E-state index in [2.05, 4.69) is 27.0 Å². The zero-order valence-corrected chi connectivity index (χ0v) is 13.2. The van der Waals surface area contributed by atoms with Crippen LogP contribution in [0.2, 0.25) is 0 Å². The van der Waals surface area contributed by atoms with E-state index in [1.54, 1.807) is 25.2 Å². The summed E-state index contributed by atoms with van der Waals surface area (Å²) in [6.07, 6.45) is 0. The molecular formula is C16H19N5O2. The summed E-state index contributed by atoms with van der Waals surface area (Å²) in [5.41, 5.74) is 1.95. The Morgan fingerprint density at radius 3 is 3.00 bits per heavy atom. The van der Waals surface area contributed by atoms with Crippen LogP contribution in [0.3, 0.4) is 0 Å². The van der Waals surface area contributed by atoms with E-state index in [1.807, 2.05) is 0 Å². The number of nitrogens with zero attached hydrogens (tertiary/aromatic N) is 4. The third-order valence-corrected chi connectivity index (χ3v) is 4.35. The first-order chi connectivity index (χ1) is 11.0. The standard InChI is InChI=1S/C16H19N5O2/c1-10-7-18-11(9-22)8-21(10)13-6-15(23)20(3)12-4-5-14(17-2)19-16(12)13/h4-6,10-11,18,22H,7-9H2,1,3H3/t10-,11-/m0/s1. The highest BCUT2D eigenvalue weighted by Crippen LogP contribution is 2.28. The molecule has 7 nitrogen and oxygen atoms in total. The van der Waals surface area contributed by atoms with Crippen LogP contribution in [0.5, 0.6) is 0 Å². The molecule has 0 radical (unpaired) electrons. The van der Waals surface area contributed by atoms with Crippen molar-refractivity contribution in [2.24, 2.45) is 7.05 Å². The molecule has 0 aliphatic carbocycles. The summed E-state index contributed by atoms with van der Waals surface area (Å²) in [5, 5.41) is 12.7. The van der Waals surface area contributed by atoms with Gasteiger partial charge in [-0.15, -0.1) is 4.98 Å². The van der Waals surface area contributed by atoms with E-state index in [0.29, 0.717) is 29.9 Å². The molecule has 2 N–H and O–H groups in total. The minimum atomic E-state index is -0.115. The first kappa shape index (κ1) is 15.5. The summed E-state index contributed by atoms with van der Waals surface area (Å²) in [4.78, 5) is 22.2. The minimum Gasteiger partial charge on any atom is -0.395 e. The Hall–Kier alpha value is -2.43. The van der Waals surface area contributed by atoms with Crippen molar-refractivity contribution in [1.29, 1.82) is 0 Å². The smallest absolute Gasteiger partial charge is 0.270 e. The zero-order chi connectivity index (χ0) is 16.6. The average Bonchev–Trinajstić information content (AvgIpc) is 2.58. The van der Waals surface area contributed by atoms with Crippen molar-refractivity contribution in [1.82, 2.24) is 14.9 Å². The quantitative estimate of drug-likeness (QED) is 0.796. The summed E-state index contributed by atoms with van der Waals surface area (Å²) in [5.74, 6) is 0.305. The van der Waals surface area contributed by atoms with Crippen molar-refractivity contribution in [3.63, 3.8) is 0 Å². The van der Waals surface area contributed by atoms with Crippen molar-refractivity contribution < 1.29 is 5.11 Å². The fourth-order valence-electron chi connectivity index (χ4n) is 2.97. The molecule has 0 amide bonds. The molecule has 1 saturated heterocycles. The van der Waals surface area contributed by atoms with Crippen LogP contribution in [0, 0.1) is 6.57 Å². The van der Waals surface area contributed by atoms with Crippen LogP contribution in [0.4, 0.5) is 11.5 Å². The Morgan fingerprint density at radius 2 is 2.30 bits per heavy atom. The second kappa shape index (κ2) is 5.99. The van der Waals surface area contributed by atoms with E-state index in [-0.39, 0.29) is 24.2 Å². The van der Waals surface area contributed by atoms with Gasteiger partial charge in [0.25, 0.3) is 11.4 Å². The highest BCUT2D eigenvalue weighted by atomic mass is 16.3. The van der Waals surface area contributed by atoms with Gasteiger partial charge >= 0.3 is 0 Å². The summed E-state index contributed by atoms with van der Waals surface area (Å²) >= 11 is 0. The van der Waals surface area contributed by atoms with Gasteiger partial charge in [-0.2, -0.15) is 0 Å². The number of piperazine rings is 1. The molecule has 1 fully saturated rings. The first-order valence-corrected chi connectivity index (χ1v) is 7.54. The maximum absolute atomic E-state index is 12.3. The molecule has 7 heteroatoms. The Balaban J connectivity index is 2.21. The van der Waals surface area contributed by atoms with Crippen molar-refractivity contribution in [2.75, 3.05) is 24.6 Å². The molecule has 0 saturated carbocycles. The largest absolute Gasteiger partial charge is 0.395 e. The summed E-state index contributed by atoms with van der Waals surface area (Å²) < 4.78 is 1.54. The number of hydrogen-bond donors (Lipinski definition) is 2. The highest BCUT2D eigenvalue weighted by molar-refractivity contribution is 5.89. The molecule has 0 aromatic carbocycles. The van der Waals surface area contributed by atoms with Crippen LogP contribution in [0.15, 0.2) is 23.0 Å². The number of fused-ring (bicyclic) bond motifs is 1. The van der Waals surface area contributed by atoms with Crippen molar-refractivity contribution in [3.05, 3.63) is 40.0 Å². The molecule has 3 rings (SSSR count). The van der Waals surface area contributed by atoms with Crippen LogP contribution in [-0.2, 0) is 7.05 Å².